The van der Waals surface area contributed by atoms with Gasteiger partial charge in [0, 0.05) is 6.54 Å². The van der Waals surface area contributed by atoms with Crippen molar-refractivity contribution in [2.45, 2.75) is 18.9 Å². The second-order valence-corrected chi connectivity index (χ2v) is 5.15. The van der Waals surface area contributed by atoms with Gasteiger partial charge in [-0.3, -0.25) is 14.5 Å². The van der Waals surface area contributed by atoms with Crippen molar-refractivity contribution in [3.63, 3.8) is 0 Å². The Balaban J connectivity index is 2.01. The van der Waals surface area contributed by atoms with E-state index in [9.17, 15) is 14.0 Å². The van der Waals surface area contributed by atoms with Crippen LogP contribution in [0.5, 0.6) is 0 Å². The number of benzene rings is 1. The fourth-order valence-electron chi connectivity index (χ4n) is 2.74. The lowest BCUT2D eigenvalue weighted by molar-refractivity contribution is -0.140. The fraction of sp³-hybridized carbons (Fsp3) is 0.385. The number of carbonyl (C=O) groups excluding carboxylic acids is 2. The number of piperazine rings is 1. The van der Waals surface area contributed by atoms with Gasteiger partial charge < -0.3 is 4.90 Å². The lowest BCUT2D eigenvalue weighted by atomic mass is 10.1. The molecule has 6 heteroatoms. The molecule has 1 aromatic carbocycles. The van der Waals surface area contributed by atoms with E-state index in [-0.39, 0.29) is 29.1 Å². The topological polar surface area (TPSA) is 40.6 Å². The second-order valence-electron chi connectivity index (χ2n) is 4.74. The van der Waals surface area contributed by atoms with E-state index in [1.54, 1.807) is 4.90 Å². The van der Waals surface area contributed by atoms with Crippen LogP contribution in [0.3, 0.4) is 0 Å². The summed E-state index contributed by atoms with van der Waals surface area (Å²) in [6.07, 6.45) is 1.44. The zero-order valence-corrected chi connectivity index (χ0v) is 10.9. The van der Waals surface area contributed by atoms with Crippen LogP contribution in [-0.4, -0.2) is 35.8 Å². The van der Waals surface area contributed by atoms with Crippen molar-refractivity contribution < 1.29 is 14.0 Å². The predicted octanol–water partition coefficient (Wildman–Crippen LogP) is 1.82. The summed E-state index contributed by atoms with van der Waals surface area (Å²) in [5.74, 6) is -0.981. The highest BCUT2D eigenvalue weighted by atomic mass is 35.5. The van der Waals surface area contributed by atoms with E-state index in [2.05, 4.69) is 0 Å². The normalized spacial score (nSPS) is 22.9. The molecule has 100 valence electrons. The van der Waals surface area contributed by atoms with Gasteiger partial charge in [-0.15, -0.1) is 0 Å². The molecule has 0 saturated carbocycles. The van der Waals surface area contributed by atoms with Gasteiger partial charge in [-0.05, 0) is 25.0 Å². The van der Waals surface area contributed by atoms with E-state index in [0.717, 1.165) is 6.42 Å². The molecule has 0 bridgehead atoms. The highest BCUT2D eigenvalue weighted by molar-refractivity contribution is 6.34. The predicted molar refractivity (Wildman–Crippen MR) is 68.5 cm³/mol. The summed E-state index contributed by atoms with van der Waals surface area (Å²) in [6.45, 7) is 0.462. The number of amides is 2. The number of fused-ring (bicyclic) bond motifs is 1. The number of hydrogen-bond acceptors (Lipinski definition) is 2. The van der Waals surface area contributed by atoms with Gasteiger partial charge in [0.2, 0.25) is 11.8 Å². The van der Waals surface area contributed by atoms with Crippen LogP contribution < -0.4 is 4.90 Å². The Hall–Kier alpha value is -1.62. The number of carbonyl (C=O) groups is 2. The minimum Gasteiger partial charge on any atom is -0.329 e. The minimum atomic E-state index is -0.583. The third kappa shape index (κ3) is 1.89. The maximum absolute atomic E-state index is 13.9. The zero-order valence-electron chi connectivity index (χ0n) is 10.1. The third-order valence-corrected chi connectivity index (χ3v) is 3.93. The molecule has 2 aliphatic rings. The fourth-order valence-corrected chi connectivity index (χ4v) is 3.01. The van der Waals surface area contributed by atoms with Gasteiger partial charge in [0.05, 0.1) is 10.7 Å². The van der Waals surface area contributed by atoms with Crippen molar-refractivity contribution in [2.24, 2.45) is 0 Å². The Morgan fingerprint density at radius 2 is 2.11 bits per heavy atom. The first-order valence-corrected chi connectivity index (χ1v) is 6.52. The average Bonchev–Trinajstić information content (AvgIpc) is 2.85. The number of hydrogen-bond donors (Lipinski definition) is 0. The molecular formula is C13H12ClFN2O2. The molecule has 2 heterocycles. The third-order valence-electron chi connectivity index (χ3n) is 3.63. The van der Waals surface area contributed by atoms with E-state index >= 15 is 0 Å². The molecule has 3 rings (SSSR count). The smallest absolute Gasteiger partial charge is 0.250 e. The molecule has 2 fully saturated rings. The molecule has 2 saturated heterocycles. The SMILES string of the molecule is O=C1C2CCCN2C(=O)CN1c1c(F)cccc1Cl. The van der Waals surface area contributed by atoms with Gasteiger partial charge in [0.15, 0.2) is 0 Å². The van der Waals surface area contributed by atoms with E-state index in [0.29, 0.717) is 13.0 Å². The summed E-state index contributed by atoms with van der Waals surface area (Å²) in [4.78, 5) is 27.1. The van der Waals surface area contributed by atoms with Gasteiger partial charge in [-0.2, -0.15) is 0 Å². The van der Waals surface area contributed by atoms with Crippen LogP contribution >= 0.6 is 11.6 Å². The summed E-state index contributed by atoms with van der Waals surface area (Å²) in [5, 5.41) is 0.146. The maximum atomic E-state index is 13.9. The lowest BCUT2D eigenvalue weighted by Crippen LogP contribution is -2.57. The van der Waals surface area contributed by atoms with Crippen molar-refractivity contribution in [2.75, 3.05) is 18.0 Å². The number of rotatable bonds is 1. The van der Waals surface area contributed by atoms with Crippen molar-refractivity contribution in [1.82, 2.24) is 4.90 Å². The maximum Gasteiger partial charge on any atom is 0.250 e. The Labute approximate surface area is 114 Å². The van der Waals surface area contributed by atoms with E-state index in [4.69, 9.17) is 11.6 Å². The van der Waals surface area contributed by atoms with Gasteiger partial charge in [-0.25, -0.2) is 4.39 Å². The van der Waals surface area contributed by atoms with Gasteiger partial charge in [0.25, 0.3) is 0 Å². The molecule has 0 aliphatic carbocycles. The van der Waals surface area contributed by atoms with Crippen LogP contribution in [0.1, 0.15) is 12.8 Å². The van der Waals surface area contributed by atoms with Crippen LogP contribution in [-0.2, 0) is 9.59 Å². The van der Waals surface area contributed by atoms with E-state index < -0.39 is 11.9 Å². The quantitative estimate of drug-likeness (QED) is 0.788. The molecule has 0 aromatic heterocycles. The summed E-state index contributed by atoms with van der Waals surface area (Å²) in [6, 6.07) is 3.76. The molecule has 0 radical (unpaired) electrons. The monoisotopic (exact) mass is 282 g/mol. The Morgan fingerprint density at radius 1 is 1.32 bits per heavy atom. The van der Waals surface area contributed by atoms with E-state index in [1.165, 1.54) is 23.1 Å². The molecule has 2 amide bonds. The number of para-hydroxylation sites is 1. The van der Waals surface area contributed by atoms with Gasteiger partial charge in [0.1, 0.15) is 18.4 Å². The van der Waals surface area contributed by atoms with Gasteiger partial charge >= 0.3 is 0 Å². The molecule has 4 nitrogen and oxygen atoms in total. The number of anilines is 1. The molecule has 1 aromatic rings. The molecule has 0 spiro atoms. The first-order valence-electron chi connectivity index (χ1n) is 6.14. The second kappa shape index (κ2) is 4.49. The van der Waals surface area contributed by atoms with E-state index in [1.807, 2.05) is 0 Å². The van der Waals surface area contributed by atoms with Crippen LogP contribution in [0, 0.1) is 5.82 Å². The number of halogens is 2. The zero-order chi connectivity index (χ0) is 13.6. The van der Waals surface area contributed by atoms with Crippen molar-refractivity contribution in [1.29, 1.82) is 0 Å². The van der Waals surface area contributed by atoms with Crippen LogP contribution in [0.25, 0.3) is 0 Å². The minimum absolute atomic E-state index is 0.00840. The molecule has 0 N–H and O–H groups in total. The van der Waals surface area contributed by atoms with Crippen LogP contribution in [0.15, 0.2) is 18.2 Å². The van der Waals surface area contributed by atoms with Crippen molar-refractivity contribution in [3.05, 3.63) is 29.0 Å². The van der Waals surface area contributed by atoms with Crippen LogP contribution in [0.2, 0.25) is 5.02 Å². The Kier molecular flexibility index (Phi) is 2.93. The molecule has 19 heavy (non-hydrogen) atoms. The molecule has 1 unspecified atom stereocenters. The highest BCUT2D eigenvalue weighted by Crippen LogP contribution is 2.33. The summed E-state index contributed by atoms with van der Waals surface area (Å²) in [7, 11) is 0. The average molecular weight is 283 g/mol. The summed E-state index contributed by atoms with van der Waals surface area (Å²) in [5.41, 5.74) is 0.00840. The Bertz CT molecular complexity index is 543. The molecule has 2 aliphatic heterocycles. The lowest BCUT2D eigenvalue weighted by Gasteiger charge is -2.36. The largest absolute Gasteiger partial charge is 0.329 e. The van der Waals surface area contributed by atoms with Crippen molar-refractivity contribution in [3.8, 4) is 0 Å². The van der Waals surface area contributed by atoms with Gasteiger partial charge in [-0.1, -0.05) is 17.7 Å². The summed E-state index contributed by atoms with van der Waals surface area (Å²) < 4.78 is 13.9. The van der Waals surface area contributed by atoms with Crippen LogP contribution in [0.4, 0.5) is 10.1 Å². The standard InChI is InChI=1S/C13H12ClFN2O2/c14-8-3-1-4-9(15)12(8)17-7-11(18)16-6-2-5-10(16)13(17)19/h1,3-4,10H,2,5-7H2. The number of nitrogens with zero attached hydrogens (tertiary/aromatic N) is 2. The summed E-state index contributed by atoms with van der Waals surface area (Å²) >= 11 is 5.96. The first kappa shape index (κ1) is 12.4. The first-order chi connectivity index (χ1) is 9.09. The Morgan fingerprint density at radius 3 is 2.84 bits per heavy atom. The van der Waals surface area contributed by atoms with Crippen molar-refractivity contribution >= 4 is 29.1 Å². The molecular weight excluding hydrogens is 271 g/mol. The molecule has 1 atom stereocenters. The highest BCUT2D eigenvalue weighted by Gasteiger charge is 2.43.